The topological polar surface area (TPSA) is 124 Å². The monoisotopic (exact) mass is 475 g/mol. The highest BCUT2D eigenvalue weighted by atomic mass is 16.6. The van der Waals surface area contributed by atoms with Gasteiger partial charge in [-0.15, -0.1) is 0 Å². The fourth-order valence-electron chi connectivity index (χ4n) is 3.36. The van der Waals surface area contributed by atoms with Gasteiger partial charge in [0.2, 0.25) is 5.91 Å². The molecule has 1 fully saturated rings. The number of likely N-dealkylation sites (tertiary alicyclic amines) is 1. The Morgan fingerprint density at radius 2 is 1.79 bits per heavy atom. The molecule has 34 heavy (non-hydrogen) atoms. The van der Waals surface area contributed by atoms with E-state index in [0.29, 0.717) is 37.1 Å². The van der Waals surface area contributed by atoms with Gasteiger partial charge in [0.05, 0.1) is 25.0 Å². The number of nitrogens with zero attached hydrogens (tertiary/aromatic N) is 2. The van der Waals surface area contributed by atoms with Crippen LogP contribution in [0.4, 0.5) is 4.79 Å². The lowest BCUT2D eigenvalue weighted by atomic mass is 10.0. The van der Waals surface area contributed by atoms with Gasteiger partial charge in [-0.2, -0.15) is 5.10 Å². The molecule has 2 amide bonds. The summed E-state index contributed by atoms with van der Waals surface area (Å²) >= 11 is 0. The normalized spacial score (nSPS) is 14.3. The summed E-state index contributed by atoms with van der Waals surface area (Å²) in [7, 11) is 0. The first kappa shape index (κ1) is 27.0. The van der Waals surface area contributed by atoms with E-state index in [1.54, 1.807) is 49.9 Å². The van der Waals surface area contributed by atoms with Crippen molar-refractivity contribution in [3.63, 3.8) is 0 Å². The molecule has 2 rings (SSSR count). The van der Waals surface area contributed by atoms with Crippen molar-refractivity contribution in [1.82, 2.24) is 10.3 Å². The molecule has 1 heterocycles. The maximum Gasteiger partial charge on any atom is 0.427 e. The number of esters is 1. The summed E-state index contributed by atoms with van der Waals surface area (Å²) in [6, 6.07) is 6.72. The number of nitrogens with one attached hydrogen (secondary N) is 1. The Bertz CT molecular complexity index is 860. The van der Waals surface area contributed by atoms with Crippen LogP contribution in [0, 0.1) is 0 Å². The highest BCUT2D eigenvalue weighted by Crippen LogP contribution is 2.16. The third-order valence-corrected chi connectivity index (χ3v) is 5.04. The van der Waals surface area contributed by atoms with E-state index in [1.165, 1.54) is 6.21 Å². The van der Waals surface area contributed by atoms with E-state index < -0.39 is 6.09 Å². The van der Waals surface area contributed by atoms with E-state index in [-0.39, 0.29) is 55.9 Å². The van der Waals surface area contributed by atoms with Crippen molar-refractivity contribution >= 4 is 30.0 Å². The summed E-state index contributed by atoms with van der Waals surface area (Å²) in [6.07, 6.45) is 2.08. The van der Waals surface area contributed by atoms with Gasteiger partial charge in [0.15, 0.2) is 5.78 Å². The largest absolute Gasteiger partial charge is 0.461 e. The molecule has 1 aliphatic rings. The van der Waals surface area contributed by atoms with Crippen LogP contribution in [0.3, 0.4) is 0 Å². The van der Waals surface area contributed by atoms with Crippen LogP contribution in [0.15, 0.2) is 29.4 Å². The molecule has 0 radical (unpaired) electrons. The maximum atomic E-state index is 12.5. The molecule has 1 aromatic rings. The van der Waals surface area contributed by atoms with Crippen LogP contribution in [0.1, 0.15) is 62.4 Å². The van der Waals surface area contributed by atoms with E-state index in [4.69, 9.17) is 14.2 Å². The number of rotatable bonds is 11. The molecule has 0 aliphatic carbocycles. The van der Waals surface area contributed by atoms with Crippen LogP contribution in [-0.4, -0.2) is 73.4 Å². The number of amides is 2. The number of piperidine rings is 1. The molecule has 10 heteroatoms. The van der Waals surface area contributed by atoms with Crippen molar-refractivity contribution in [1.29, 1.82) is 0 Å². The van der Waals surface area contributed by atoms with Gasteiger partial charge in [-0.25, -0.2) is 15.0 Å². The Labute approximate surface area is 199 Å². The third kappa shape index (κ3) is 9.70. The smallest absolute Gasteiger partial charge is 0.427 e. The average molecular weight is 476 g/mol. The fourth-order valence-corrected chi connectivity index (χ4v) is 3.36. The number of hydrogen-bond donors (Lipinski definition) is 1. The predicted octanol–water partition coefficient (Wildman–Crippen LogP) is 2.69. The van der Waals surface area contributed by atoms with Crippen LogP contribution < -0.4 is 5.43 Å². The Morgan fingerprint density at radius 3 is 2.41 bits per heavy atom. The summed E-state index contributed by atoms with van der Waals surface area (Å²) in [5.41, 5.74) is 3.43. The van der Waals surface area contributed by atoms with E-state index in [9.17, 15) is 19.2 Å². The van der Waals surface area contributed by atoms with Gasteiger partial charge in [-0.1, -0.05) is 24.3 Å². The minimum Gasteiger partial charge on any atom is -0.461 e. The molecule has 1 aromatic carbocycles. The van der Waals surface area contributed by atoms with Crippen LogP contribution >= 0.6 is 0 Å². The number of ketones is 1. The number of carbonyl (C=O) groups excluding carboxylic acids is 4. The van der Waals surface area contributed by atoms with Gasteiger partial charge in [0.25, 0.3) is 0 Å². The standard InChI is InChI=1S/C24H33N3O7/c1-4-32-24(31)26-25-15-18-5-7-19(8-6-18)21(28)9-10-22(29)27-13-11-20(12-14-27)33-16-23(30)34-17(2)3/h5-8,15,17,20H,4,9-14,16H2,1-3H3,(H,26,31). The minimum atomic E-state index is -0.640. The summed E-state index contributed by atoms with van der Waals surface area (Å²) in [6.45, 7) is 6.49. The molecule has 10 nitrogen and oxygen atoms in total. The minimum absolute atomic E-state index is 0.0696. The van der Waals surface area contributed by atoms with E-state index in [2.05, 4.69) is 10.5 Å². The van der Waals surface area contributed by atoms with Crippen LogP contribution in [-0.2, 0) is 23.8 Å². The SMILES string of the molecule is CCOC(=O)NN=Cc1ccc(C(=O)CCC(=O)N2CCC(OCC(=O)OC(C)C)CC2)cc1. The second-order valence-electron chi connectivity index (χ2n) is 8.07. The zero-order valence-corrected chi connectivity index (χ0v) is 20.0. The highest BCUT2D eigenvalue weighted by Gasteiger charge is 2.24. The summed E-state index contributed by atoms with van der Waals surface area (Å²) < 4.78 is 15.3. The molecule has 186 valence electrons. The Kier molecular flexibility index (Phi) is 11.2. The zero-order chi connectivity index (χ0) is 24.9. The molecule has 0 saturated carbocycles. The number of carbonyl (C=O) groups is 4. The highest BCUT2D eigenvalue weighted by molar-refractivity contribution is 5.98. The number of benzene rings is 1. The Hall–Kier alpha value is -3.27. The van der Waals surface area contributed by atoms with Gasteiger partial charge in [0, 0.05) is 31.5 Å². The van der Waals surface area contributed by atoms with E-state index in [1.807, 2.05) is 0 Å². The van der Waals surface area contributed by atoms with Gasteiger partial charge >= 0.3 is 12.1 Å². The first-order valence-electron chi connectivity index (χ1n) is 11.5. The van der Waals surface area contributed by atoms with Crippen molar-refractivity contribution in [2.24, 2.45) is 5.10 Å². The number of hydrogen-bond acceptors (Lipinski definition) is 8. The van der Waals surface area contributed by atoms with E-state index >= 15 is 0 Å². The molecular formula is C24H33N3O7. The van der Waals surface area contributed by atoms with Gasteiger partial charge in [-0.3, -0.25) is 9.59 Å². The van der Waals surface area contributed by atoms with Crippen LogP contribution in [0.5, 0.6) is 0 Å². The molecule has 1 N–H and O–H groups in total. The molecule has 0 bridgehead atoms. The summed E-state index contributed by atoms with van der Waals surface area (Å²) in [5.74, 6) is -0.580. The predicted molar refractivity (Wildman–Crippen MR) is 125 cm³/mol. The van der Waals surface area contributed by atoms with Crippen molar-refractivity contribution in [2.45, 2.75) is 58.7 Å². The quantitative estimate of drug-likeness (QED) is 0.226. The van der Waals surface area contributed by atoms with Gasteiger partial charge < -0.3 is 19.1 Å². The number of ether oxygens (including phenoxy) is 3. The van der Waals surface area contributed by atoms with Crippen LogP contribution in [0.25, 0.3) is 0 Å². The van der Waals surface area contributed by atoms with Gasteiger partial charge in [-0.05, 0) is 39.2 Å². The molecule has 1 aliphatic heterocycles. The first-order valence-corrected chi connectivity index (χ1v) is 11.5. The van der Waals surface area contributed by atoms with Crippen LogP contribution in [0.2, 0.25) is 0 Å². The number of hydrazone groups is 1. The molecule has 0 aromatic heterocycles. The molecule has 0 unspecified atom stereocenters. The molecular weight excluding hydrogens is 442 g/mol. The lowest BCUT2D eigenvalue weighted by molar-refractivity contribution is -0.156. The second kappa shape index (κ2) is 14.1. The lowest BCUT2D eigenvalue weighted by Gasteiger charge is -2.31. The Morgan fingerprint density at radius 1 is 1.12 bits per heavy atom. The Balaban J connectivity index is 1.70. The lowest BCUT2D eigenvalue weighted by Crippen LogP contribution is -2.41. The number of Topliss-reactive ketones (excluding diaryl/α,β-unsaturated/α-hetero) is 1. The summed E-state index contributed by atoms with van der Waals surface area (Å²) in [4.78, 5) is 49.4. The fraction of sp³-hybridized carbons (Fsp3) is 0.542. The zero-order valence-electron chi connectivity index (χ0n) is 20.0. The van der Waals surface area contributed by atoms with Crippen molar-refractivity contribution in [3.05, 3.63) is 35.4 Å². The molecule has 1 saturated heterocycles. The first-order chi connectivity index (χ1) is 16.3. The second-order valence-corrected chi connectivity index (χ2v) is 8.07. The molecule has 0 atom stereocenters. The van der Waals surface area contributed by atoms with E-state index in [0.717, 1.165) is 0 Å². The van der Waals surface area contributed by atoms with Crippen molar-refractivity contribution < 1.29 is 33.4 Å². The molecule has 0 spiro atoms. The third-order valence-electron chi connectivity index (χ3n) is 5.04. The van der Waals surface area contributed by atoms with Crippen molar-refractivity contribution in [3.8, 4) is 0 Å². The summed E-state index contributed by atoms with van der Waals surface area (Å²) in [5, 5.41) is 3.77. The average Bonchev–Trinajstić information content (AvgIpc) is 2.81. The van der Waals surface area contributed by atoms with Gasteiger partial charge in [0.1, 0.15) is 6.61 Å². The maximum absolute atomic E-state index is 12.5. The van der Waals surface area contributed by atoms with Crippen molar-refractivity contribution in [2.75, 3.05) is 26.3 Å².